The van der Waals surface area contributed by atoms with Gasteiger partial charge in [0.2, 0.25) is 0 Å². The zero-order valence-corrected chi connectivity index (χ0v) is 13.1. The summed E-state index contributed by atoms with van der Waals surface area (Å²) in [6.07, 6.45) is 1.51. The number of carbonyl (C=O) groups excluding carboxylic acids is 2. The fraction of sp³-hybridized carbons (Fsp3) is 0.538. The van der Waals surface area contributed by atoms with Gasteiger partial charge in [0.25, 0.3) is 5.91 Å². The summed E-state index contributed by atoms with van der Waals surface area (Å²) in [6, 6.07) is 3.39. The molecule has 20 heavy (non-hydrogen) atoms. The smallest absolute Gasteiger partial charge is 0.317 e. The minimum absolute atomic E-state index is 0.0928. The van der Waals surface area contributed by atoms with Crippen molar-refractivity contribution in [3.63, 3.8) is 0 Å². The maximum Gasteiger partial charge on any atom is 0.317 e. The average molecular weight is 344 g/mol. The van der Waals surface area contributed by atoms with E-state index in [9.17, 15) is 9.59 Å². The van der Waals surface area contributed by atoms with Gasteiger partial charge in [-0.25, -0.2) is 4.79 Å². The summed E-state index contributed by atoms with van der Waals surface area (Å²) in [4.78, 5) is 27.0. The van der Waals surface area contributed by atoms with Crippen LogP contribution in [0, 0.1) is 0 Å². The van der Waals surface area contributed by atoms with E-state index in [-0.39, 0.29) is 18.0 Å². The first-order chi connectivity index (χ1) is 9.47. The lowest BCUT2D eigenvalue weighted by molar-refractivity contribution is 0.0673. The molecule has 7 heteroatoms. The molecule has 2 rings (SSSR count). The third-order valence-electron chi connectivity index (χ3n) is 3.30. The molecule has 0 aromatic carbocycles. The second-order valence-electron chi connectivity index (χ2n) is 5.01. The molecule has 1 aromatic rings. The number of nitrogens with one attached hydrogen (secondary N) is 1. The second-order valence-corrected chi connectivity index (χ2v) is 5.80. The highest BCUT2D eigenvalue weighted by atomic mass is 79.9. The minimum atomic E-state index is -0.104. The topological polar surface area (TPSA) is 65.8 Å². The van der Waals surface area contributed by atoms with Gasteiger partial charge in [0, 0.05) is 33.2 Å². The van der Waals surface area contributed by atoms with Crippen molar-refractivity contribution in [1.29, 1.82) is 0 Å². The van der Waals surface area contributed by atoms with Crippen LogP contribution >= 0.6 is 15.9 Å². The summed E-state index contributed by atoms with van der Waals surface area (Å²) in [7, 11) is 3.42. The molecule has 0 bridgehead atoms. The van der Waals surface area contributed by atoms with Crippen LogP contribution in [-0.2, 0) is 0 Å². The van der Waals surface area contributed by atoms with Crippen molar-refractivity contribution in [1.82, 2.24) is 15.1 Å². The Hall–Kier alpha value is -1.50. The van der Waals surface area contributed by atoms with Gasteiger partial charge in [-0.3, -0.25) is 4.79 Å². The minimum Gasteiger partial charge on any atom is -0.444 e. The average Bonchev–Trinajstić information content (AvgIpc) is 2.85. The van der Waals surface area contributed by atoms with Gasteiger partial charge in [-0.2, -0.15) is 0 Å². The molecule has 0 saturated carbocycles. The first-order valence-corrected chi connectivity index (χ1v) is 7.29. The van der Waals surface area contributed by atoms with Gasteiger partial charge in [0.05, 0.1) is 0 Å². The highest BCUT2D eigenvalue weighted by Gasteiger charge is 2.26. The number of rotatable bonds is 2. The zero-order chi connectivity index (χ0) is 14.7. The number of piperidine rings is 1. The largest absolute Gasteiger partial charge is 0.444 e. The predicted molar refractivity (Wildman–Crippen MR) is 77.6 cm³/mol. The number of furan rings is 1. The number of likely N-dealkylation sites (tertiary alicyclic amines) is 1. The molecule has 1 fully saturated rings. The summed E-state index contributed by atoms with van der Waals surface area (Å²) in [5.74, 6) is 0.237. The molecule has 3 amide bonds. The Balaban J connectivity index is 1.85. The molecule has 1 aromatic heterocycles. The van der Waals surface area contributed by atoms with Crippen LogP contribution < -0.4 is 5.32 Å². The van der Waals surface area contributed by atoms with E-state index in [1.54, 1.807) is 31.1 Å². The summed E-state index contributed by atoms with van der Waals surface area (Å²) in [6.45, 7) is 1.24. The molecule has 0 unspecified atom stereocenters. The standard InChI is InChI=1S/C13H18BrN3O3/c1-16(2)13(19)15-9-5-7-17(8-6-9)12(18)10-3-4-11(14)20-10/h3-4,9H,5-8H2,1-2H3,(H,15,19). The Morgan fingerprint density at radius 1 is 1.35 bits per heavy atom. The van der Waals surface area contributed by atoms with Gasteiger partial charge < -0.3 is 19.5 Å². The third kappa shape index (κ3) is 3.53. The molecular formula is C13H18BrN3O3. The van der Waals surface area contributed by atoms with Gasteiger partial charge in [0.1, 0.15) is 0 Å². The van der Waals surface area contributed by atoms with Crippen LogP contribution in [0.2, 0.25) is 0 Å². The molecule has 0 atom stereocenters. The summed E-state index contributed by atoms with van der Waals surface area (Å²) < 4.78 is 5.82. The first-order valence-electron chi connectivity index (χ1n) is 6.50. The van der Waals surface area contributed by atoms with Gasteiger partial charge in [-0.05, 0) is 40.9 Å². The third-order valence-corrected chi connectivity index (χ3v) is 3.73. The van der Waals surface area contributed by atoms with Crippen molar-refractivity contribution in [2.45, 2.75) is 18.9 Å². The molecule has 0 aliphatic carbocycles. The number of hydrogen-bond acceptors (Lipinski definition) is 3. The Morgan fingerprint density at radius 2 is 2.00 bits per heavy atom. The molecule has 1 aliphatic rings. The summed E-state index contributed by atoms with van der Waals surface area (Å²) in [5, 5.41) is 2.94. The van der Waals surface area contributed by atoms with Crippen LogP contribution in [0.3, 0.4) is 0 Å². The summed E-state index contributed by atoms with van der Waals surface area (Å²) in [5.41, 5.74) is 0. The lowest BCUT2D eigenvalue weighted by Gasteiger charge is -2.32. The highest BCUT2D eigenvalue weighted by Crippen LogP contribution is 2.18. The normalized spacial score (nSPS) is 16.1. The number of urea groups is 1. The molecule has 110 valence electrons. The number of carbonyl (C=O) groups is 2. The first kappa shape index (κ1) is 14.9. The van der Waals surface area contributed by atoms with Crippen LogP contribution in [0.1, 0.15) is 23.4 Å². The van der Waals surface area contributed by atoms with E-state index in [0.717, 1.165) is 12.8 Å². The van der Waals surface area contributed by atoms with Crippen molar-refractivity contribution in [3.8, 4) is 0 Å². The Kier molecular flexibility index (Phi) is 4.69. The van der Waals surface area contributed by atoms with Crippen LogP contribution in [0.15, 0.2) is 21.2 Å². The number of hydrogen-bond donors (Lipinski definition) is 1. The van der Waals surface area contributed by atoms with Gasteiger partial charge in [-0.15, -0.1) is 0 Å². The number of nitrogens with zero attached hydrogens (tertiary/aromatic N) is 2. The van der Waals surface area contributed by atoms with Gasteiger partial charge in [-0.1, -0.05) is 0 Å². The predicted octanol–water partition coefficient (Wildman–Crippen LogP) is 1.92. The molecule has 0 spiro atoms. The van der Waals surface area contributed by atoms with E-state index in [0.29, 0.717) is 23.5 Å². The van der Waals surface area contributed by atoms with E-state index in [1.165, 1.54) is 4.90 Å². The van der Waals surface area contributed by atoms with E-state index in [1.807, 2.05) is 0 Å². The van der Waals surface area contributed by atoms with Crippen molar-refractivity contribution in [2.24, 2.45) is 0 Å². The Bertz CT molecular complexity index is 493. The Morgan fingerprint density at radius 3 is 2.50 bits per heavy atom. The fourth-order valence-electron chi connectivity index (χ4n) is 2.12. The number of halogens is 1. The van der Waals surface area contributed by atoms with Gasteiger partial charge in [0.15, 0.2) is 10.4 Å². The maximum atomic E-state index is 12.2. The van der Waals surface area contributed by atoms with Crippen LogP contribution in [0.4, 0.5) is 4.79 Å². The lowest BCUT2D eigenvalue weighted by atomic mass is 10.0. The Labute approximate surface area is 126 Å². The van der Waals surface area contributed by atoms with Gasteiger partial charge >= 0.3 is 6.03 Å². The molecule has 1 aliphatic heterocycles. The SMILES string of the molecule is CN(C)C(=O)NC1CCN(C(=O)c2ccc(Br)o2)CC1. The molecular weight excluding hydrogens is 326 g/mol. The van der Waals surface area contributed by atoms with Crippen molar-refractivity contribution < 1.29 is 14.0 Å². The van der Waals surface area contributed by atoms with E-state index in [2.05, 4.69) is 21.2 Å². The molecule has 1 N–H and O–H groups in total. The maximum absolute atomic E-state index is 12.2. The zero-order valence-electron chi connectivity index (χ0n) is 11.6. The van der Waals surface area contributed by atoms with Crippen LogP contribution in [0.25, 0.3) is 0 Å². The van der Waals surface area contributed by atoms with E-state index >= 15 is 0 Å². The molecule has 6 nitrogen and oxygen atoms in total. The van der Waals surface area contributed by atoms with Crippen molar-refractivity contribution in [2.75, 3.05) is 27.2 Å². The summed E-state index contributed by atoms with van der Waals surface area (Å²) >= 11 is 3.19. The second kappa shape index (κ2) is 6.30. The van der Waals surface area contributed by atoms with Crippen LogP contribution in [0.5, 0.6) is 0 Å². The number of amides is 3. The van der Waals surface area contributed by atoms with Crippen LogP contribution in [-0.4, -0.2) is 55.0 Å². The van der Waals surface area contributed by atoms with Crippen molar-refractivity contribution in [3.05, 3.63) is 22.6 Å². The van der Waals surface area contributed by atoms with Crippen molar-refractivity contribution >= 4 is 27.9 Å². The lowest BCUT2D eigenvalue weighted by Crippen LogP contribution is -2.48. The highest BCUT2D eigenvalue weighted by molar-refractivity contribution is 9.10. The monoisotopic (exact) mass is 343 g/mol. The quantitative estimate of drug-likeness (QED) is 0.891. The van der Waals surface area contributed by atoms with E-state index < -0.39 is 0 Å². The van der Waals surface area contributed by atoms with E-state index in [4.69, 9.17) is 4.42 Å². The molecule has 0 radical (unpaired) electrons. The molecule has 1 saturated heterocycles. The fourth-order valence-corrected chi connectivity index (χ4v) is 2.42. The molecule has 2 heterocycles.